The molecule has 1 nitrogen and oxygen atoms in total. The zero-order valence-corrected chi connectivity index (χ0v) is 10.6. The molecule has 0 bridgehead atoms. The summed E-state index contributed by atoms with van der Waals surface area (Å²) in [5.74, 6) is 1.77. The summed E-state index contributed by atoms with van der Waals surface area (Å²) in [5.41, 5.74) is 2.63. The van der Waals surface area contributed by atoms with E-state index in [1.54, 1.807) is 11.8 Å². The molecule has 1 unspecified atom stereocenters. The minimum absolute atomic E-state index is 0.232. The predicted octanol–water partition coefficient (Wildman–Crippen LogP) is 2.98. The van der Waals surface area contributed by atoms with E-state index in [2.05, 4.69) is 47.1 Å². The Hall–Kier alpha value is 0.01000. The SMILES string of the molecule is Cc1cccc(CSCC(O)CBr)c1. The van der Waals surface area contributed by atoms with E-state index in [0.29, 0.717) is 5.33 Å². The fourth-order valence-corrected chi connectivity index (χ4v) is 2.61. The maximum absolute atomic E-state index is 9.32. The molecule has 14 heavy (non-hydrogen) atoms. The number of hydrogen-bond donors (Lipinski definition) is 1. The van der Waals surface area contributed by atoms with Crippen LogP contribution in [0, 0.1) is 6.92 Å². The third-order valence-electron chi connectivity index (χ3n) is 1.84. The molecule has 0 fully saturated rings. The van der Waals surface area contributed by atoms with Crippen LogP contribution in [0.15, 0.2) is 24.3 Å². The second-order valence-corrected chi connectivity index (χ2v) is 4.99. The molecule has 0 radical (unpaired) electrons. The minimum atomic E-state index is -0.232. The number of benzene rings is 1. The van der Waals surface area contributed by atoms with Gasteiger partial charge < -0.3 is 5.11 Å². The van der Waals surface area contributed by atoms with E-state index in [1.165, 1.54) is 11.1 Å². The van der Waals surface area contributed by atoms with Crippen molar-refractivity contribution in [3.8, 4) is 0 Å². The van der Waals surface area contributed by atoms with Crippen LogP contribution in [-0.2, 0) is 5.75 Å². The summed E-state index contributed by atoms with van der Waals surface area (Å²) in [6, 6.07) is 8.49. The van der Waals surface area contributed by atoms with Gasteiger partial charge in [-0.1, -0.05) is 45.8 Å². The van der Waals surface area contributed by atoms with Crippen molar-refractivity contribution in [2.75, 3.05) is 11.1 Å². The van der Waals surface area contributed by atoms with Crippen molar-refractivity contribution in [2.45, 2.75) is 18.8 Å². The summed E-state index contributed by atoms with van der Waals surface area (Å²) in [6.07, 6.45) is -0.232. The van der Waals surface area contributed by atoms with Gasteiger partial charge in [-0.25, -0.2) is 0 Å². The molecule has 1 aromatic carbocycles. The van der Waals surface area contributed by atoms with Gasteiger partial charge in [-0.3, -0.25) is 0 Å². The molecule has 0 aliphatic heterocycles. The fourth-order valence-electron chi connectivity index (χ4n) is 1.16. The molecule has 0 aromatic heterocycles. The lowest BCUT2D eigenvalue weighted by atomic mass is 10.2. The molecular weight excluding hydrogens is 260 g/mol. The lowest BCUT2D eigenvalue weighted by Crippen LogP contribution is -2.10. The van der Waals surface area contributed by atoms with Crippen LogP contribution < -0.4 is 0 Å². The smallest absolute Gasteiger partial charge is 0.0727 e. The first-order valence-corrected chi connectivity index (χ1v) is 6.87. The summed E-state index contributed by atoms with van der Waals surface area (Å²) < 4.78 is 0. The van der Waals surface area contributed by atoms with Gasteiger partial charge in [0.2, 0.25) is 0 Å². The van der Waals surface area contributed by atoms with Crippen LogP contribution in [-0.4, -0.2) is 22.3 Å². The zero-order valence-electron chi connectivity index (χ0n) is 8.24. The van der Waals surface area contributed by atoms with Gasteiger partial charge >= 0.3 is 0 Å². The Balaban J connectivity index is 2.31. The van der Waals surface area contributed by atoms with Crippen molar-refractivity contribution in [3.05, 3.63) is 35.4 Å². The Labute approximate surface area is 98.0 Å². The average Bonchev–Trinajstić information content (AvgIpc) is 2.17. The van der Waals surface area contributed by atoms with Crippen molar-refractivity contribution in [1.82, 2.24) is 0 Å². The van der Waals surface area contributed by atoms with Crippen molar-refractivity contribution in [2.24, 2.45) is 0 Å². The van der Waals surface area contributed by atoms with Gasteiger partial charge in [-0.15, -0.1) is 0 Å². The average molecular weight is 275 g/mol. The molecule has 0 amide bonds. The predicted molar refractivity (Wildman–Crippen MR) is 67.1 cm³/mol. The van der Waals surface area contributed by atoms with E-state index in [9.17, 15) is 5.11 Å². The highest BCUT2D eigenvalue weighted by Crippen LogP contribution is 2.14. The van der Waals surface area contributed by atoms with E-state index in [-0.39, 0.29) is 6.10 Å². The maximum atomic E-state index is 9.32. The first-order chi connectivity index (χ1) is 6.72. The molecule has 0 saturated carbocycles. The monoisotopic (exact) mass is 274 g/mol. The van der Waals surface area contributed by atoms with Crippen molar-refractivity contribution in [3.63, 3.8) is 0 Å². The standard InChI is InChI=1S/C11H15BrOS/c1-9-3-2-4-10(5-9)7-14-8-11(13)6-12/h2-5,11,13H,6-8H2,1H3. The Morgan fingerprint density at radius 3 is 2.93 bits per heavy atom. The Kier molecular flexibility index (Phi) is 5.60. The van der Waals surface area contributed by atoms with Crippen LogP contribution in [0.3, 0.4) is 0 Å². The third-order valence-corrected chi connectivity index (χ3v) is 3.74. The van der Waals surface area contributed by atoms with Crippen LogP contribution in [0.5, 0.6) is 0 Å². The number of thioether (sulfide) groups is 1. The van der Waals surface area contributed by atoms with Gasteiger partial charge in [-0.2, -0.15) is 11.8 Å². The molecule has 0 saturated heterocycles. The van der Waals surface area contributed by atoms with Crippen LogP contribution >= 0.6 is 27.7 Å². The Morgan fingerprint density at radius 1 is 1.50 bits per heavy atom. The molecule has 0 heterocycles. The Bertz CT molecular complexity index is 278. The summed E-state index contributed by atoms with van der Waals surface area (Å²) in [5, 5.41) is 9.98. The number of aryl methyl sites for hydroxylation is 1. The van der Waals surface area contributed by atoms with Gasteiger partial charge in [0.15, 0.2) is 0 Å². The largest absolute Gasteiger partial charge is 0.391 e. The third kappa shape index (κ3) is 4.49. The normalized spacial score (nSPS) is 12.8. The highest BCUT2D eigenvalue weighted by atomic mass is 79.9. The number of aliphatic hydroxyl groups is 1. The quantitative estimate of drug-likeness (QED) is 0.834. The van der Waals surface area contributed by atoms with E-state index in [0.717, 1.165) is 11.5 Å². The first kappa shape index (κ1) is 12.1. The second-order valence-electron chi connectivity index (χ2n) is 3.31. The molecule has 3 heteroatoms. The van der Waals surface area contributed by atoms with Crippen LogP contribution in [0.2, 0.25) is 0 Å². The van der Waals surface area contributed by atoms with Gasteiger partial charge in [0.25, 0.3) is 0 Å². The molecule has 0 aliphatic carbocycles. The molecule has 0 aliphatic rings. The summed E-state index contributed by atoms with van der Waals surface area (Å²) >= 11 is 5.02. The Morgan fingerprint density at radius 2 is 2.29 bits per heavy atom. The molecule has 1 rings (SSSR count). The van der Waals surface area contributed by atoms with Gasteiger partial charge in [0.1, 0.15) is 0 Å². The number of aliphatic hydroxyl groups excluding tert-OH is 1. The molecule has 78 valence electrons. The van der Waals surface area contributed by atoms with Crippen molar-refractivity contribution >= 4 is 27.7 Å². The lowest BCUT2D eigenvalue weighted by Gasteiger charge is -2.06. The van der Waals surface area contributed by atoms with Gasteiger partial charge in [0, 0.05) is 16.8 Å². The number of rotatable bonds is 5. The molecule has 1 aromatic rings. The topological polar surface area (TPSA) is 20.2 Å². The maximum Gasteiger partial charge on any atom is 0.0727 e. The second kappa shape index (κ2) is 6.49. The van der Waals surface area contributed by atoms with Crippen molar-refractivity contribution < 1.29 is 5.11 Å². The highest BCUT2D eigenvalue weighted by molar-refractivity contribution is 9.09. The summed E-state index contributed by atoms with van der Waals surface area (Å²) in [6.45, 7) is 2.10. The molecule has 1 N–H and O–H groups in total. The number of halogens is 1. The van der Waals surface area contributed by atoms with Gasteiger partial charge in [-0.05, 0) is 12.5 Å². The zero-order chi connectivity index (χ0) is 10.4. The summed E-state index contributed by atoms with van der Waals surface area (Å²) in [7, 11) is 0. The lowest BCUT2D eigenvalue weighted by molar-refractivity contribution is 0.226. The number of hydrogen-bond acceptors (Lipinski definition) is 2. The van der Waals surface area contributed by atoms with Gasteiger partial charge in [0.05, 0.1) is 6.10 Å². The van der Waals surface area contributed by atoms with E-state index in [1.807, 2.05) is 0 Å². The van der Waals surface area contributed by atoms with Crippen LogP contribution in [0.25, 0.3) is 0 Å². The van der Waals surface area contributed by atoms with Crippen molar-refractivity contribution in [1.29, 1.82) is 0 Å². The van der Waals surface area contributed by atoms with Crippen LogP contribution in [0.4, 0.5) is 0 Å². The minimum Gasteiger partial charge on any atom is -0.391 e. The first-order valence-electron chi connectivity index (χ1n) is 4.59. The fraction of sp³-hybridized carbons (Fsp3) is 0.455. The van der Waals surface area contributed by atoms with E-state index in [4.69, 9.17) is 0 Å². The molecule has 0 spiro atoms. The molecular formula is C11H15BrOS. The van der Waals surface area contributed by atoms with Crippen LogP contribution in [0.1, 0.15) is 11.1 Å². The molecule has 1 atom stereocenters. The summed E-state index contributed by atoms with van der Waals surface area (Å²) in [4.78, 5) is 0. The van der Waals surface area contributed by atoms with E-state index < -0.39 is 0 Å². The number of alkyl halides is 1. The van der Waals surface area contributed by atoms with E-state index >= 15 is 0 Å². The highest BCUT2D eigenvalue weighted by Gasteiger charge is 2.01.